The minimum atomic E-state index is -0.493. The van der Waals surface area contributed by atoms with Crippen molar-refractivity contribution < 1.29 is 33.3 Å². The smallest absolute Gasteiger partial charge is 0.335 e. The molecule has 0 aliphatic carbocycles. The summed E-state index contributed by atoms with van der Waals surface area (Å²) in [5.41, 5.74) is 7.38. The second kappa shape index (κ2) is 19.2. The highest BCUT2D eigenvalue weighted by atomic mass is 16.6. The Morgan fingerprint density at radius 2 is 1.16 bits per heavy atom. The third-order valence-corrected chi connectivity index (χ3v) is 7.23. The van der Waals surface area contributed by atoms with Crippen molar-refractivity contribution in [1.82, 2.24) is 0 Å². The largest absolute Gasteiger partial charge is 0.490 e. The van der Waals surface area contributed by atoms with Crippen molar-refractivity contribution in [3.8, 4) is 28.0 Å². The number of unbranched alkanes of at least 4 members (excludes halogenated alkanes) is 2. The van der Waals surface area contributed by atoms with E-state index in [-0.39, 0.29) is 32.0 Å². The topological polar surface area (TPSA) is 80.3 Å². The van der Waals surface area contributed by atoms with Gasteiger partial charge in [0.15, 0.2) is 0 Å². The third-order valence-electron chi connectivity index (χ3n) is 7.23. The van der Waals surface area contributed by atoms with Crippen LogP contribution in [0, 0.1) is 0 Å². The molecule has 0 radical (unpaired) electrons. The van der Waals surface area contributed by atoms with Crippen LogP contribution in [0.4, 0.5) is 0 Å². The van der Waals surface area contributed by atoms with Crippen molar-refractivity contribution >= 4 is 11.9 Å². The molecule has 0 saturated carbocycles. The van der Waals surface area contributed by atoms with Crippen molar-refractivity contribution in [3.63, 3.8) is 0 Å². The fourth-order valence-corrected chi connectivity index (χ4v) is 4.79. The monoisotopic (exact) mass is 614 g/mol. The van der Waals surface area contributed by atoms with Gasteiger partial charge in [-0.2, -0.15) is 0 Å². The molecule has 0 amide bonds. The second-order valence-corrected chi connectivity index (χ2v) is 10.9. The van der Waals surface area contributed by atoms with Crippen LogP contribution in [-0.4, -0.2) is 59.2 Å². The van der Waals surface area contributed by atoms with E-state index in [0.29, 0.717) is 24.4 Å². The van der Waals surface area contributed by atoms with Gasteiger partial charge in [-0.1, -0.05) is 87.5 Å². The van der Waals surface area contributed by atoms with Gasteiger partial charge in [-0.3, -0.25) is 0 Å². The van der Waals surface area contributed by atoms with Gasteiger partial charge in [0.1, 0.15) is 19.0 Å². The van der Waals surface area contributed by atoms with E-state index in [1.54, 1.807) is 0 Å². The molecule has 0 bridgehead atoms. The number of methoxy groups -OCH3 is 2. The zero-order valence-corrected chi connectivity index (χ0v) is 26.9. The first kappa shape index (κ1) is 35.3. The normalized spacial score (nSPS) is 10.7. The summed E-state index contributed by atoms with van der Waals surface area (Å²) in [6, 6.07) is 23.2. The standard InChI is InChI=1S/C38H46O7/c1-6-7-8-10-30-14-18-33(19-15-30)36-25-34(43-23-24-45-38(40)29(3)27-42-5)20-21-35(36)32-16-12-31(13-17-32)11-9-22-44-37(39)28(2)26-41-4/h12-21,25H,2-3,6-11,22-24,26-27H2,1,4-5H3. The van der Waals surface area contributed by atoms with Gasteiger partial charge < -0.3 is 23.7 Å². The number of ether oxygens (including phenoxy) is 5. The SMILES string of the molecule is C=C(COC)C(=O)OCCCc1ccc(-c2ccc(OCCOC(=O)C(=C)COC)cc2-c2ccc(CCCCC)cc2)cc1. The average Bonchev–Trinajstić information content (AvgIpc) is 3.06. The number of hydrogen-bond acceptors (Lipinski definition) is 7. The van der Waals surface area contributed by atoms with Gasteiger partial charge in [-0.15, -0.1) is 0 Å². The van der Waals surface area contributed by atoms with Gasteiger partial charge in [0.05, 0.1) is 31.0 Å². The molecule has 0 spiro atoms. The first-order valence-electron chi connectivity index (χ1n) is 15.5. The Morgan fingerprint density at radius 1 is 0.622 bits per heavy atom. The van der Waals surface area contributed by atoms with Crippen LogP contribution in [0.2, 0.25) is 0 Å². The van der Waals surface area contributed by atoms with E-state index in [4.69, 9.17) is 23.7 Å². The molecule has 3 aromatic carbocycles. The van der Waals surface area contributed by atoms with Crippen molar-refractivity contribution in [2.45, 2.75) is 45.4 Å². The van der Waals surface area contributed by atoms with Gasteiger partial charge in [0.25, 0.3) is 0 Å². The molecule has 7 heteroatoms. The highest BCUT2D eigenvalue weighted by molar-refractivity contribution is 5.88. The molecule has 240 valence electrons. The summed E-state index contributed by atoms with van der Waals surface area (Å²) < 4.78 is 26.4. The first-order chi connectivity index (χ1) is 21.9. The summed E-state index contributed by atoms with van der Waals surface area (Å²) in [4.78, 5) is 23.9. The molecule has 3 aromatic rings. The number of carbonyl (C=O) groups excluding carboxylic acids is 2. The maximum absolute atomic E-state index is 12.0. The molecule has 7 nitrogen and oxygen atoms in total. The molecule has 0 aliphatic rings. The molecule has 0 saturated heterocycles. The lowest BCUT2D eigenvalue weighted by Gasteiger charge is -2.15. The lowest BCUT2D eigenvalue weighted by Crippen LogP contribution is -2.15. The van der Waals surface area contributed by atoms with Crippen molar-refractivity contribution in [1.29, 1.82) is 0 Å². The molecule has 0 unspecified atom stereocenters. The van der Waals surface area contributed by atoms with Crippen molar-refractivity contribution in [3.05, 3.63) is 102 Å². The summed E-state index contributed by atoms with van der Waals surface area (Å²) in [6.07, 6.45) is 6.18. The van der Waals surface area contributed by atoms with Gasteiger partial charge in [0.2, 0.25) is 0 Å². The van der Waals surface area contributed by atoms with E-state index < -0.39 is 11.9 Å². The number of rotatable bonds is 20. The number of aryl methyl sites for hydroxylation is 2. The van der Waals surface area contributed by atoms with Gasteiger partial charge >= 0.3 is 11.9 Å². The van der Waals surface area contributed by atoms with Crippen LogP contribution in [0.25, 0.3) is 22.3 Å². The number of benzene rings is 3. The van der Waals surface area contributed by atoms with Crippen molar-refractivity contribution in [2.24, 2.45) is 0 Å². The molecule has 0 heterocycles. The predicted octanol–water partition coefficient (Wildman–Crippen LogP) is 7.56. The van der Waals surface area contributed by atoms with Crippen LogP contribution in [0.1, 0.15) is 43.7 Å². The van der Waals surface area contributed by atoms with E-state index in [9.17, 15) is 9.59 Å². The molecule has 3 rings (SSSR count). The minimum absolute atomic E-state index is 0.105. The quantitative estimate of drug-likeness (QED) is 0.0738. The Kier molecular flexibility index (Phi) is 15.1. The van der Waals surface area contributed by atoms with E-state index in [0.717, 1.165) is 40.7 Å². The molecular formula is C38H46O7. The Labute approximate surface area is 267 Å². The Bertz CT molecular complexity index is 1390. The summed E-state index contributed by atoms with van der Waals surface area (Å²) in [5.74, 6) is -0.227. The Balaban J connectivity index is 1.71. The molecule has 45 heavy (non-hydrogen) atoms. The van der Waals surface area contributed by atoms with Crippen LogP contribution in [0.15, 0.2) is 91.0 Å². The number of hydrogen-bond donors (Lipinski definition) is 0. The van der Waals surface area contributed by atoms with Crippen LogP contribution < -0.4 is 4.74 Å². The maximum Gasteiger partial charge on any atom is 0.335 e. The predicted molar refractivity (Wildman–Crippen MR) is 178 cm³/mol. The number of carbonyl (C=O) groups is 2. The van der Waals surface area contributed by atoms with Gasteiger partial charge in [-0.05, 0) is 71.2 Å². The Morgan fingerprint density at radius 3 is 1.71 bits per heavy atom. The van der Waals surface area contributed by atoms with E-state index in [1.807, 2.05) is 12.1 Å². The maximum atomic E-state index is 12.0. The summed E-state index contributed by atoms with van der Waals surface area (Å²) in [7, 11) is 3.02. The molecule has 0 N–H and O–H groups in total. The van der Waals surface area contributed by atoms with Crippen LogP contribution >= 0.6 is 0 Å². The second-order valence-electron chi connectivity index (χ2n) is 10.9. The highest BCUT2D eigenvalue weighted by Gasteiger charge is 2.12. The van der Waals surface area contributed by atoms with E-state index in [2.05, 4.69) is 74.7 Å². The van der Waals surface area contributed by atoms with Crippen LogP contribution in [0.3, 0.4) is 0 Å². The fraction of sp³-hybridized carbons (Fsp3) is 0.368. The zero-order chi connectivity index (χ0) is 32.4. The highest BCUT2D eigenvalue weighted by Crippen LogP contribution is 2.35. The molecule has 0 atom stereocenters. The third kappa shape index (κ3) is 11.7. The lowest BCUT2D eigenvalue weighted by molar-refractivity contribution is -0.140. The summed E-state index contributed by atoms with van der Waals surface area (Å²) in [5, 5.41) is 0. The minimum Gasteiger partial charge on any atom is -0.490 e. The fourth-order valence-electron chi connectivity index (χ4n) is 4.79. The molecular weight excluding hydrogens is 568 g/mol. The average molecular weight is 615 g/mol. The zero-order valence-electron chi connectivity index (χ0n) is 26.9. The van der Waals surface area contributed by atoms with E-state index in [1.165, 1.54) is 39.0 Å². The molecule has 0 aliphatic heterocycles. The first-order valence-corrected chi connectivity index (χ1v) is 15.5. The number of esters is 2. The van der Waals surface area contributed by atoms with Gasteiger partial charge in [0, 0.05) is 14.2 Å². The van der Waals surface area contributed by atoms with Crippen molar-refractivity contribution in [2.75, 3.05) is 47.3 Å². The molecule has 0 aromatic heterocycles. The summed E-state index contributed by atoms with van der Waals surface area (Å²) in [6.45, 7) is 10.5. The summed E-state index contributed by atoms with van der Waals surface area (Å²) >= 11 is 0. The van der Waals surface area contributed by atoms with Crippen LogP contribution in [-0.2, 0) is 41.4 Å². The van der Waals surface area contributed by atoms with Gasteiger partial charge in [-0.25, -0.2) is 9.59 Å². The molecule has 0 fully saturated rings. The lowest BCUT2D eigenvalue weighted by atomic mass is 9.92. The van der Waals surface area contributed by atoms with E-state index >= 15 is 0 Å². The Hall–Kier alpha value is -4.20. The van der Waals surface area contributed by atoms with Crippen LogP contribution in [0.5, 0.6) is 5.75 Å².